The van der Waals surface area contributed by atoms with E-state index in [0.717, 1.165) is 55.8 Å². The molecule has 0 radical (unpaired) electrons. The second-order valence-corrected chi connectivity index (χ2v) is 22.4. The van der Waals surface area contributed by atoms with Crippen LogP contribution in [0.25, 0.3) is 21.8 Å². The predicted molar refractivity (Wildman–Crippen MR) is 266 cm³/mol. The van der Waals surface area contributed by atoms with Crippen LogP contribution in [0.2, 0.25) is 0 Å². The molecular weight excluding hydrogens is 1090 g/mol. The summed E-state index contributed by atoms with van der Waals surface area (Å²) < 4.78 is 51.8. The largest absolute Gasteiger partial charge is 0.573 e. The summed E-state index contributed by atoms with van der Waals surface area (Å²) in [6, 6.07) is 25.8. The highest BCUT2D eigenvalue weighted by atomic mass is 79.9. The molecule has 0 saturated carbocycles. The summed E-state index contributed by atoms with van der Waals surface area (Å²) in [7, 11) is 3.20. The molecule has 4 aromatic carbocycles. The van der Waals surface area contributed by atoms with Crippen molar-refractivity contribution in [1.82, 2.24) is 20.2 Å². The number of methoxy groups -OCH3 is 2. The van der Waals surface area contributed by atoms with Crippen LogP contribution in [0, 0.1) is 6.92 Å². The highest BCUT2D eigenvalue weighted by Crippen LogP contribution is 2.36. The van der Waals surface area contributed by atoms with Gasteiger partial charge in [-0.25, -0.2) is 19.4 Å². The van der Waals surface area contributed by atoms with Crippen molar-refractivity contribution in [1.29, 1.82) is 0 Å². The van der Waals surface area contributed by atoms with Crippen molar-refractivity contribution >= 4 is 119 Å². The number of anilines is 2. The van der Waals surface area contributed by atoms with Crippen LogP contribution in [0.4, 0.5) is 34.1 Å². The first-order valence-corrected chi connectivity index (χ1v) is 23.4. The third kappa shape index (κ3) is 13.0. The Morgan fingerprint density at radius 3 is 1.61 bits per heavy atom. The number of pyridine rings is 2. The molecule has 352 valence electrons. The molecule has 0 spiro atoms. The van der Waals surface area contributed by atoms with Gasteiger partial charge in [0.15, 0.2) is 0 Å². The highest BCUT2D eigenvalue weighted by Gasteiger charge is 2.52. The fourth-order valence-corrected chi connectivity index (χ4v) is 7.08. The minimum absolute atomic E-state index is 0.121. The maximum absolute atomic E-state index is 13.3. The number of ether oxygens (including phenoxy) is 3. The summed E-state index contributed by atoms with van der Waals surface area (Å²) >= 11 is 15.1. The van der Waals surface area contributed by atoms with Gasteiger partial charge in [0.05, 0.1) is 36.6 Å². The first kappa shape index (κ1) is 52.5. The lowest BCUT2D eigenvalue weighted by atomic mass is 10.0. The quantitative estimate of drug-likeness (QED) is 0.0895. The van der Waals surface area contributed by atoms with Gasteiger partial charge < -0.3 is 24.4 Å². The number of amides is 6. The van der Waals surface area contributed by atoms with E-state index in [-0.39, 0.29) is 27.4 Å². The predicted octanol–water partition coefficient (Wildman–Crippen LogP) is 11.9. The maximum Gasteiger partial charge on any atom is 0.573 e. The van der Waals surface area contributed by atoms with Crippen LogP contribution >= 0.6 is 58.9 Å². The minimum atomic E-state index is -4.84. The van der Waals surface area contributed by atoms with Crippen molar-refractivity contribution in [3.05, 3.63) is 126 Å². The Morgan fingerprint density at radius 2 is 1.15 bits per heavy atom. The number of imide groups is 2. The zero-order chi connectivity index (χ0) is 49.4. The van der Waals surface area contributed by atoms with Gasteiger partial charge in [0.1, 0.15) is 28.3 Å². The van der Waals surface area contributed by atoms with Gasteiger partial charge in [-0.3, -0.25) is 19.6 Å². The van der Waals surface area contributed by atoms with Gasteiger partial charge >= 0.3 is 21.6 Å². The first-order chi connectivity index (χ1) is 31.5. The van der Waals surface area contributed by atoms with Gasteiger partial charge in [-0.1, -0.05) is 17.7 Å². The zero-order valence-electron chi connectivity index (χ0n) is 37.1. The van der Waals surface area contributed by atoms with Gasteiger partial charge in [0.2, 0.25) is 0 Å². The van der Waals surface area contributed by atoms with Gasteiger partial charge in [0.25, 0.3) is 11.8 Å². The first-order valence-electron chi connectivity index (χ1n) is 20.1. The number of fused-ring (bicyclic) bond motifs is 2. The third-order valence-corrected chi connectivity index (χ3v) is 10.6. The number of hydrogen-bond acceptors (Lipinski definition) is 9. The number of benzene rings is 4. The summed E-state index contributed by atoms with van der Waals surface area (Å²) in [6.07, 6.45) is -1.45. The van der Waals surface area contributed by atoms with E-state index in [1.807, 2.05) is 49.4 Å². The van der Waals surface area contributed by atoms with Crippen molar-refractivity contribution in [3.8, 4) is 17.2 Å². The van der Waals surface area contributed by atoms with E-state index in [4.69, 9.17) is 21.1 Å². The SMILES string of the molecule is BrB(Br)Br.COc1ccc2nccc(CCl)c2c1.COc1ccc2nccc(CN3C(=O)N(c4ccc(OC(F)(F)F)cc4)C(=O)C3(C)C)c2c1.Cc1ccc(N2C(=O)NC(C)(C)C2=O)cc1. The summed E-state index contributed by atoms with van der Waals surface area (Å²) in [4.78, 5) is 62.2. The number of aromatic nitrogens is 2. The molecule has 67 heavy (non-hydrogen) atoms. The second kappa shape index (κ2) is 22.1. The van der Waals surface area contributed by atoms with Crippen LogP contribution < -0.4 is 29.3 Å². The van der Waals surface area contributed by atoms with Gasteiger partial charge in [0, 0.05) is 35.6 Å². The second-order valence-electron chi connectivity index (χ2n) is 15.7. The van der Waals surface area contributed by atoms with Gasteiger partial charge in [-0.15, -0.1) is 72.0 Å². The molecular formula is C46H44BBr3ClF3N6O7. The van der Waals surface area contributed by atoms with Crippen LogP contribution in [0.15, 0.2) is 109 Å². The van der Waals surface area contributed by atoms with Crippen molar-refractivity contribution in [2.24, 2.45) is 0 Å². The topological polar surface area (TPSA) is 144 Å². The normalized spacial score (nSPS) is 14.9. The molecule has 0 bridgehead atoms. The Balaban J connectivity index is 0.000000204. The monoisotopic (exact) mass is 1130 g/mol. The van der Waals surface area contributed by atoms with Crippen molar-refractivity contribution in [2.45, 2.75) is 64.5 Å². The number of halogens is 7. The fourth-order valence-electron chi connectivity index (χ4n) is 6.85. The average Bonchev–Trinajstić information content (AvgIpc) is 3.59. The fraction of sp³-hybridized carbons (Fsp3) is 0.261. The molecule has 1 N–H and O–H groups in total. The Hall–Kier alpha value is -5.44. The lowest BCUT2D eigenvalue weighted by molar-refractivity contribution is -0.274. The standard InChI is InChI=1S/C23H20F3N3O4.C12H14N2O2.C11H10ClNO.BBr3/c1-22(2)20(30)29(15-4-6-16(7-5-15)33-23(24,25)26)21(31)28(22)13-14-10-11-27-19-9-8-17(32-3)12-18(14)19;1-8-4-6-9(7-5-8)14-10(15)12(2,3)13-11(14)16;1-14-9-2-3-11-10(6-9)8(7-12)4-5-13-11;2-1(3)4/h4-12H,13H2,1-3H3;4-7H,1-3H3,(H,13,16);2-6H,7H2,1H3;. The number of nitrogens with zero attached hydrogens (tertiary/aromatic N) is 5. The lowest BCUT2D eigenvalue weighted by Gasteiger charge is -2.28. The summed E-state index contributed by atoms with van der Waals surface area (Å²) in [5, 5.41) is 4.48. The smallest absolute Gasteiger partial charge is 0.497 e. The van der Waals surface area contributed by atoms with E-state index in [2.05, 4.69) is 67.3 Å². The molecule has 8 rings (SSSR count). The molecule has 6 aromatic rings. The average molecular weight is 1140 g/mol. The molecule has 0 atom stereocenters. The number of aryl methyl sites for hydroxylation is 1. The zero-order valence-corrected chi connectivity index (χ0v) is 42.6. The summed E-state index contributed by atoms with van der Waals surface area (Å²) in [6.45, 7) is 8.72. The van der Waals surface area contributed by atoms with Crippen LogP contribution in [-0.2, 0) is 22.0 Å². The maximum atomic E-state index is 13.3. The van der Waals surface area contributed by atoms with E-state index < -0.39 is 35.1 Å². The third-order valence-electron chi connectivity index (χ3n) is 10.4. The van der Waals surface area contributed by atoms with E-state index in [9.17, 15) is 32.3 Å². The van der Waals surface area contributed by atoms with Crippen LogP contribution in [0.5, 0.6) is 17.2 Å². The van der Waals surface area contributed by atoms with Crippen LogP contribution in [0.3, 0.4) is 0 Å². The van der Waals surface area contributed by atoms with Crippen LogP contribution in [0.1, 0.15) is 44.4 Å². The number of hydrogen-bond donors (Lipinski definition) is 1. The number of alkyl halides is 4. The van der Waals surface area contributed by atoms with E-state index >= 15 is 0 Å². The van der Waals surface area contributed by atoms with Gasteiger partial charge in [-0.2, -0.15) is 0 Å². The molecule has 0 unspecified atom stereocenters. The molecule has 4 heterocycles. The van der Waals surface area contributed by atoms with Gasteiger partial charge in [-0.05, 0) is 131 Å². The Labute approximate surface area is 415 Å². The molecule has 2 saturated heterocycles. The molecule has 2 fully saturated rings. The van der Waals surface area contributed by atoms with Crippen molar-refractivity contribution in [3.63, 3.8) is 0 Å². The Kier molecular flexibility index (Phi) is 17.3. The Morgan fingerprint density at radius 1 is 0.687 bits per heavy atom. The summed E-state index contributed by atoms with van der Waals surface area (Å²) in [5.74, 6) is 0.791. The number of carbonyl (C=O) groups excluding carboxylic acids is 4. The minimum Gasteiger partial charge on any atom is -0.497 e. The highest BCUT2D eigenvalue weighted by molar-refractivity contribution is 9.69. The Bertz CT molecular complexity index is 2750. The molecule has 21 heteroatoms. The molecule has 2 aliphatic rings. The molecule has 0 aliphatic carbocycles. The molecule has 13 nitrogen and oxygen atoms in total. The number of carbonyl (C=O) groups is 4. The number of urea groups is 2. The van der Waals surface area contributed by atoms with Crippen LogP contribution in [-0.4, -0.2) is 73.6 Å². The molecule has 6 amide bonds. The molecule has 2 aromatic heterocycles. The summed E-state index contributed by atoms with van der Waals surface area (Å²) in [5.41, 5.74) is 3.35. The van der Waals surface area contributed by atoms with E-state index in [0.29, 0.717) is 22.8 Å². The lowest BCUT2D eigenvalue weighted by Crippen LogP contribution is -2.43. The van der Waals surface area contributed by atoms with E-state index in [1.165, 1.54) is 21.9 Å². The number of rotatable bonds is 8. The van der Waals surface area contributed by atoms with Crippen molar-refractivity contribution < 1.29 is 46.6 Å². The van der Waals surface area contributed by atoms with Crippen molar-refractivity contribution in [2.75, 3.05) is 24.0 Å². The number of nitrogens with one attached hydrogen (secondary N) is 1. The molecule has 2 aliphatic heterocycles. The van der Waals surface area contributed by atoms with E-state index in [1.54, 1.807) is 84.6 Å².